The van der Waals surface area contributed by atoms with Crippen LogP contribution in [0.1, 0.15) is 36.9 Å². The summed E-state index contributed by atoms with van der Waals surface area (Å²) < 4.78 is 0. The lowest BCUT2D eigenvalue weighted by atomic mass is 9.94. The van der Waals surface area contributed by atoms with Crippen molar-refractivity contribution in [1.82, 2.24) is 10.3 Å². The van der Waals surface area contributed by atoms with E-state index in [1.807, 2.05) is 18.7 Å². The first-order valence-corrected chi connectivity index (χ1v) is 9.16. The van der Waals surface area contributed by atoms with Gasteiger partial charge in [-0.25, -0.2) is 0 Å². The number of thioether (sulfide) groups is 1. The van der Waals surface area contributed by atoms with Gasteiger partial charge < -0.3 is 5.32 Å². The summed E-state index contributed by atoms with van der Waals surface area (Å²) >= 11 is 2.03. The Morgan fingerprint density at radius 2 is 2.14 bits per heavy atom. The summed E-state index contributed by atoms with van der Waals surface area (Å²) in [4.78, 5) is 4.56. The average molecular weight is 300 g/mol. The van der Waals surface area contributed by atoms with Crippen molar-refractivity contribution in [2.45, 2.75) is 50.4 Å². The van der Waals surface area contributed by atoms with Crippen LogP contribution >= 0.6 is 11.8 Å². The molecule has 112 valence electrons. The molecule has 1 aliphatic rings. The van der Waals surface area contributed by atoms with Gasteiger partial charge >= 0.3 is 0 Å². The van der Waals surface area contributed by atoms with Crippen LogP contribution in [0.25, 0.3) is 10.9 Å². The third-order valence-corrected chi connectivity index (χ3v) is 5.54. The second-order valence-corrected chi connectivity index (χ2v) is 7.22. The third-order valence-electron chi connectivity index (χ3n) is 4.45. The van der Waals surface area contributed by atoms with Crippen LogP contribution in [0.4, 0.5) is 0 Å². The summed E-state index contributed by atoms with van der Waals surface area (Å²) in [5.41, 5.74) is 3.54. The molecule has 0 amide bonds. The third kappa shape index (κ3) is 3.78. The van der Waals surface area contributed by atoms with Crippen LogP contribution in [-0.2, 0) is 6.54 Å². The molecule has 1 fully saturated rings. The molecule has 3 heteroatoms. The Balaban J connectivity index is 1.63. The highest BCUT2D eigenvalue weighted by atomic mass is 32.2. The summed E-state index contributed by atoms with van der Waals surface area (Å²) in [5, 5.41) is 5.83. The van der Waals surface area contributed by atoms with Crippen LogP contribution < -0.4 is 5.32 Å². The number of aromatic nitrogens is 1. The molecule has 0 bridgehead atoms. The first kappa shape index (κ1) is 14.9. The van der Waals surface area contributed by atoms with E-state index in [1.54, 1.807) is 0 Å². The summed E-state index contributed by atoms with van der Waals surface area (Å²) in [7, 11) is 0. The summed E-state index contributed by atoms with van der Waals surface area (Å²) in [6.45, 7) is 3.01. The number of aryl methyl sites for hydroxylation is 1. The highest BCUT2D eigenvalue weighted by Crippen LogP contribution is 2.27. The number of pyridine rings is 1. The Hall–Kier alpha value is -1.06. The van der Waals surface area contributed by atoms with Crippen LogP contribution in [-0.4, -0.2) is 22.5 Å². The Labute approximate surface area is 131 Å². The molecular weight excluding hydrogens is 276 g/mol. The monoisotopic (exact) mass is 300 g/mol. The Kier molecular flexibility index (Phi) is 4.81. The molecule has 1 heterocycles. The molecule has 3 rings (SSSR count). The molecule has 0 saturated heterocycles. The van der Waals surface area contributed by atoms with Crippen molar-refractivity contribution in [3.05, 3.63) is 41.6 Å². The van der Waals surface area contributed by atoms with Gasteiger partial charge in [0, 0.05) is 28.9 Å². The molecule has 2 atom stereocenters. The van der Waals surface area contributed by atoms with E-state index in [9.17, 15) is 0 Å². The predicted molar refractivity (Wildman–Crippen MR) is 92.9 cm³/mol. The predicted octanol–water partition coefficient (Wildman–Crippen LogP) is 4.31. The SMILES string of the molecule is CSC1CCCC(NCc2ccc3nc(C)ccc3c2)C1. The number of rotatable bonds is 4. The van der Waals surface area contributed by atoms with Gasteiger partial charge in [-0.1, -0.05) is 18.6 Å². The highest BCUT2D eigenvalue weighted by molar-refractivity contribution is 7.99. The number of benzene rings is 1. The zero-order valence-corrected chi connectivity index (χ0v) is 13.7. The molecule has 1 aliphatic carbocycles. The lowest BCUT2D eigenvalue weighted by Crippen LogP contribution is -2.34. The van der Waals surface area contributed by atoms with Crippen molar-refractivity contribution in [1.29, 1.82) is 0 Å². The summed E-state index contributed by atoms with van der Waals surface area (Å²) in [5.74, 6) is 0. The molecule has 0 radical (unpaired) electrons. The molecule has 1 aromatic carbocycles. The van der Waals surface area contributed by atoms with Gasteiger partial charge in [-0.15, -0.1) is 0 Å². The van der Waals surface area contributed by atoms with Crippen LogP contribution in [0.15, 0.2) is 30.3 Å². The minimum atomic E-state index is 0.683. The van der Waals surface area contributed by atoms with E-state index in [0.29, 0.717) is 6.04 Å². The Morgan fingerprint density at radius 3 is 3.00 bits per heavy atom. The number of nitrogens with one attached hydrogen (secondary N) is 1. The molecule has 1 aromatic heterocycles. The Morgan fingerprint density at radius 1 is 1.24 bits per heavy atom. The van der Waals surface area contributed by atoms with Gasteiger partial charge in [0.15, 0.2) is 0 Å². The average Bonchev–Trinajstić information content (AvgIpc) is 2.53. The smallest absolute Gasteiger partial charge is 0.0705 e. The first-order valence-electron chi connectivity index (χ1n) is 7.87. The first-order chi connectivity index (χ1) is 10.2. The molecule has 0 aliphatic heterocycles. The van der Waals surface area contributed by atoms with E-state index in [4.69, 9.17) is 0 Å². The number of hydrogen-bond acceptors (Lipinski definition) is 3. The van der Waals surface area contributed by atoms with E-state index in [1.165, 1.54) is 36.6 Å². The lowest BCUT2D eigenvalue weighted by molar-refractivity contribution is 0.380. The summed E-state index contributed by atoms with van der Waals surface area (Å²) in [6, 6.07) is 11.6. The van der Waals surface area contributed by atoms with Crippen molar-refractivity contribution < 1.29 is 0 Å². The van der Waals surface area contributed by atoms with Crippen LogP contribution in [0.3, 0.4) is 0 Å². The van der Waals surface area contributed by atoms with Crippen LogP contribution in [0.5, 0.6) is 0 Å². The summed E-state index contributed by atoms with van der Waals surface area (Å²) in [6.07, 6.45) is 7.64. The second-order valence-electron chi connectivity index (χ2n) is 6.08. The number of nitrogens with zero attached hydrogens (tertiary/aromatic N) is 1. The Bertz CT molecular complexity index is 611. The molecular formula is C18H24N2S. The van der Waals surface area contributed by atoms with Crippen LogP contribution in [0, 0.1) is 6.92 Å². The van der Waals surface area contributed by atoms with Crippen molar-refractivity contribution >= 4 is 22.7 Å². The molecule has 2 aromatic rings. The zero-order valence-electron chi connectivity index (χ0n) is 12.9. The van der Waals surface area contributed by atoms with Gasteiger partial charge in [0.05, 0.1) is 5.52 Å². The fourth-order valence-corrected chi connectivity index (χ4v) is 4.02. The number of fused-ring (bicyclic) bond motifs is 1. The topological polar surface area (TPSA) is 24.9 Å². The van der Waals surface area contributed by atoms with Gasteiger partial charge in [-0.05, 0) is 56.2 Å². The molecule has 21 heavy (non-hydrogen) atoms. The fraction of sp³-hybridized carbons (Fsp3) is 0.500. The van der Waals surface area contributed by atoms with Crippen molar-refractivity contribution in [2.75, 3.05) is 6.26 Å². The van der Waals surface area contributed by atoms with E-state index in [0.717, 1.165) is 23.0 Å². The van der Waals surface area contributed by atoms with Crippen molar-refractivity contribution in [2.24, 2.45) is 0 Å². The molecule has 1 saturated carbocycles. The van der Waals surface area contributed by atoms with Crippen LogP contribution in [0.2, 0.25) is 0 Å². The zero-order chi connectivity index (χ0) is 14.7. The van der Waals surface area contributed by atoms with Gasteiger partial charge in [-0.2, -0.15) is 11.8 Å². The maximum atomic E-state index is 4.56. The van der Waals surface area contributed by atoms with Crippen molar-refractivity contribution in [3.8, 4) is 0 Å². The largest absolute Gasteiger partial charge is 0.310 e. The highest BCUT2D eigenvalue weighted by Gasteiger charge is 2.20. The van der Waals surface area contributed by atoms with Gasteiger partial charge in [-0.3, -0.25) is 4.98 Å². The van der Waals surface area contributed by atoms with Gasteiger partial charge in [0.2, 0.25) is 0 Å². The van der Waals surface area contributed by atoms with Crippen molar-refractivity contribution in [3.63, 3.8) is 0 Å². The lowest BCUT2D eigenvalue weighted by Gasteiger charge is -2.28. The fourth-order valence-electron chi connectivity index (χ4n) is 3.19. The second kappa shape index (κ2) is 6.80. The quantitative estimate of drug-likeness (QED) is 0.911. The normalized spacial score (nSPS) is 22.6. The van der Waals surface area contributed by atoms with E-state index < -0.39 is 0 Å². The van der Waals surface area contributed by atoms with Gasteiger partial charge in [0.25, 0.3) is 0 Å². The molecule has 2 unspecified atom stereocenters. The van der Waals surface area contributed by atoms with E-state index >= 15 is 0 Å². The van der Waals surface area contributed by atoms with E-state index in [-0.39, 0.29) is 0 Å². The van der Waals surface area contributed by atoms with E-state index in [2.05, 4.69) is 46.9 Å². The number of hydrogen-bond donors (Lipinski definition) is 1. The minimum Gasteiger partial charge on any atom is -0.310 e. The maximum Gasteiger partial charge on any atom is 0.0705 e. The minimum absolute atomic E-state index is 0.683. The molecule has 2 nitrogen and oxygen atoms in total. The molecule has 1 N–H and O–H groups in total. The van der Waals surface area contributed by atoms with Gasteiger partial charge in [0.1, 0.15) is 0 Å². The molecule has 0 spiro atoms. The standard InChI is InChI=1S/C18H24N2S/c1-13-6-8-15-10-14(7-9-18(15)20-13)12-19-16-4-3-5-17(11-16)21-2/h6-10,16-17,19H,3-5,11-12H2,1-2H3. The maximum absolute atomic E-state index is 4.56.